The summed E-state index contributed by atoms with van der Waals surface area (Å²) in [4.78, 5) is 65.6. The summed E-state index contributed by atoms with van der Waals surface area (Å²) in [5, 5.41) is 46.9. The van der Waals surface area contributed by atoms with Crippen LogP contribution in [0, 0.1) is 0 Å². The number of hydrogen-bond donors (Lipinski definition) is 2. The molecule has 0 saturated heterocycles. The van der Waals surface area contributed by atoms with Gasteiger partial charge < -0.3 is 53.1 Å². The summed E-state index contributed by atoms with van der Waals surface area (Å²) in [6.45, 7) is 4.38. The van der Waals surface area contributed by atoms with Crippen molar-refractivity contribution in [1.82, 2.24) is 10.6 Å². The van der Waals surface area contributed by atoms with E-state index < -0.39 is 48.8 Å². The maximum Gasteiger partial charge on any atom is 2.00 e. The molecule has 0 bridgehead atoms. The first-order chi connectivity index (χ1) is 21.9. The van der Waals surface area contributed by atoms with E-state index in [0.717, 1.165) is 25.7 Å². The quantitative estimate of drug-likeness (QED) is 0.0807. The number of aliphatic carboxylic acids is 4. The molecule has 2 amide bonds. The first-order valence-electron chi connectivity index (χ1n) is 17.3. The van der Waals surface area contributed by atoms with Gasteiger partial charge in [-0.25, -0.2) is 0 Å². The SMILES string of the molecule is CCCCCCCCCCCC(=O)N[C@@H](CCC(=O)[O-])C(=O)[O-].CCCCCCCCCCCC(=O)N[C@@H](CCC(=O)[O-])C(=O)[O-].[Ca+2].[H-].[H-]. The minimum atomic E-state index is -1.47. The molecule has 2 N–H and O–H groups in total. The summed E-state index contributed by atoms with van der Waals surface area (Å²) in [7, 11) is 0. The van der Waals surface area contributed by atoms with Crippen LogP contribution < -0.4 is 31.1 Å². The maximum atomic E-state index is 11.6. The van der Waals surface area contributed by atoms with E-state index in [2.05, 4.69) is 24.5 Å². The van der Waals surface area contributed by atoms with Crippen molar-refractivity contribution in [2.75, 3.05) is 0 Å². The van der Waals surface area contributed by atoms with Crippen molar-refractivity contribution in [2.45, 2.75) is 180 Å². The van der Waals surface area contributed by atoms with Crippen LogP contribution in [0.3, 0.4) is 0 Å². The molecule has 0 fully saturated rings. The third-order valence-electron chi connectivity index (χ3n) is 7.53. The number of unbranched alkanes of at least 4 members (excludes halogenated alkanes) is 16. The number of rotatable bonds is 30. The van der Waals surface area contributed by atoms with Crippen LogP contribution >= 0.6 is 0 Å². The van der Waals surface area contributed by atoms with Gasteiger partial charge in [0, 0.05) is 24.8 Å². The van der Waals surface area contributed by atoms with Crippen LogP contribution in [0.2, 0.25) is 0 Å². The van der Waals surface area contributed by atoms with E-state index in [4.69, 9.17) is 0 Å². The molecule has 0 aliphatic rings. The summed E-state index contributed by atoms with van der Waals surface area (Å²) in [6, 6.07) is -2.53. The molecular weight excluding hydrogens is 636 g/mol. The maximum absolute atomic E-state index is 11.6. The molecule has 47 heavy (non-hydrogen) atoms. The third kappa shape index (κ3) is 36.8. The van der Waals surface area contributed by atoms with Gasteiger partial charge in [-0.05, 0) is 38.5 Å². The first kappa shape index (κ1) is 49.5. The molecule has 0 saturated carbocycles. The molecular formula is C34H60CaN2O10-4. The van der Waals surface area contributed by atoms with Crippen LogP contribution in [0.4, 0.5) is 0 Å². The number of hydrogen-bond acceptors (Lipinski definition) is 10. The fourth-order valence-electron chi connectivity index (χ4n) is 4.75. The number of carboxylic acids is 4. The van der Waals surface area contributed by atoms with Gasteiger partial charge in [-0.2, -0.15) is 0 Å². The first-order valence-corrected chi connectivity index (χ1v) is 17.3. The Kier molecular flexibility index (Phi) is 37.2. The van der Waals surface area contributed by atoms with Crippen LogP contribution in [0.5, 0.6) is 0 Å². The van der Waals surface area contributed by atoms with Gasteiger partial charge in [-0.15, -0.1) is 0 Å². The monoisotopic (exact) mass is 696 g/mol. The van der Waals surface area contributed by atoms with Crippen LogP contribution in [-0.4, -0.2) is 85.5 Å². The Hall–Kier alpha value is -1.92. The predicted molar refractivity (Wildman–Crippen MR) is 174 cm³/mol. The minimum absolute atomic E-state index is 0. The van der Waals surface area contributed by atoms with Gasteiger partial charge in [0.05, 0.1) is 24.0 Å². The smallest absolute Gasteiger partial charge is 1.00 e. The zero-order valence-electron chi connectivity index (χ0n) is 30.9. The summed E-state index contributed by atoms with van der Waals surface area (Å²) < 4.78 is 0. The van der Waals surface area contributed by atoms with E-state index in [1.165, 1.54) is 77.0 Å². The molecule has 0 spiro atoms. The summed E-state index contributed by atoms with van der Waals surface area (Å²) >= 11 is 0. The van der Waals surface area contributed by atoms with Gasteiger partial charge in [-0.1, -0.05) is 117 Å². The zero-order chi connectivity index (χ0) is 35.0. The molecule has 2 atom stereocenters. The van der Waals surface area contributed by atoms with Crippen LogP contribution in [0.1, 0.15) is 171 Å². The Balaban J connectivity index is -0.000000248. The zero-order valence-corrected chi connectivity index (χ0v) is 31.1. The molecule has 0 radical (unpaired) electrons. The molecule has 0 aromatic heterocycles. The van der Waals surface area contributed by atoms with E-state index in [0.29, 0.717) is 12.8 Å². The van der Waals surface area contributed by atoms with Crippen molar-refractivity contribution in [2.24, 2.45) is 0 Å². The normalized spacial score (nSPS) is 11.6. The van der Waals surface area contributed by atoms with Crippen molar-refractivity contribution >= 4 is 73.4 Å². The van der Waals surface area contributed by atoms with Crippen LogP contribution in [0.25, 0.3) is 0 Å². The molecule has 0 aliphatic carbocycles. The van der Waals surface area contributed by atoms with Crippen LogP contribution in [-0.2, 0) is 28.8 Å². The van der Waals surface area contributed by atoms with E-state index in [9.17, 15) is 49.2 Å². The van der Waals surface area contributed by atoms with E-state index in [1.807, 2.05) is 0 Å². The second-order valence-corrected chi connectivity index (χ2v) is 11.9. The largest absolute Gasteiger partial charge is 2.00 e. The Bertz CT molecular complexity index is 801. The Morgan fingerprint density at radius 1 is 0.447 bits per heavy atom. The Morgan fingerprint density at radius 2 is 0.702 bits per heavy atom. The average molecular weight is 697 g/mol. The molecule has 0 unspecified atom stereocenters. The van der Waals surface area contributed by atoms with Crippen molar-refractivity contribution in [3.63, 3.8) is 0 Å². The van der Waals surface area contributed by atoms with Gasteiger partial charge in [-0.3, -0.25) is 9.59 Å². The van der Waals surface area contributed by atoms with Gasteiger partial charge >= 0.3 is 37.7 Å². The van der Waals surface area contributed by atoms with Gasteiger partial charge in [0.25, 0.3) is 0 Å². The van der Waals surface area contributed by atoms with E-state index in [-0.39, 0.29) is 78.1 Å². The van der Waals surface area contributed by atoms with Gasteiger partial charge in [0.2, 0.25) is 11.8 Å². The molecule has 13 heteroatoms. The second-order valence-electron chi connectivity index (χ2n) is 11.9. The molecule has 0 aromatic carbocycles. The van der Waals surface area contributed by atoms with Crippen LogP contribution in [0.15, 0.2) is 0 Å². The molecule has 12 nitrogen and oxygen atoms in total. The third-order valence-corrected chi connectivity index (χ3v) is 7.53. The number of amides is 2. The summed E-state index contributed by atoms with van der Waals surface area (Å²) in [5.41, 5.74) is 0. The van der Waals surface area contributed by atoms with Crippen molar-refractivity contribution in [3.05, 3.63) is 0 Å². The topological polar surface area (TPSA) is 219 Å². The Morgan fingerprint density at radius 3 is 0.936 bits per heavy atom. The van der Waals surface area contributed by atoms with E-state index >= 15 is 0 Å². The molecule has 272 valence electrons. The van der Waals surface area contributed by atoms with Crippen molar-refractivity contribution in [3.8, 4) is 0 Å². The van der Waals surface area contributed by atoms with Crippen molar-refractivity contribution in [1.29, 1.82) is 0 Å². The molecule has 0 aromatic rings. The number of carbonyl (C=O) groups is 6. The molecule has 0 rings (SSSR count). The standard InChI is InChI=1S/2C17H31NO5.Ca.2H/c2*1-2-3-4-5-6-7-8-9-10-11-15(19)18-14(17(22)23)12-13-16(20)21;;;/h2*14H,2-13H2,1H3,(H,18,19)(H,20,21)(H,22,23);;;/q;;+2;2*-1/p-4/t2*14-;;;/m00.../s1. The minimum Gasteiger partial charge on any atom is -1.00 e. The fraction of sp³-hybridized carbons (Fsp3) is 0.824. The average Bonchev–Trinajstić information content (AvgIpc) is 2.99. The van der Waals surface area contributed by atoms with E-state index in [1.54, 1.807) is 0 Å². The summed E-state index contributed by atoms with van der Waals surface area (Å²) in [5.74, 6) is -6.37. The second kappa shape index (κ2) is 35.4. The summed E-state index contributed by atoms with van der Waals surface area (Å²) in [6.07, 6.45) is 19.6. The van der Waals surface area contributed by atoms with Gasteiger partial charge in [0.15, 0.2) is 0 Å². The molecule has 0 heterocycles. The number of carbonyl (C=O) groups excluding carboxylic acids is 6. The predicted octanol–water partition coefficient (Wildman–Crippen LogP) is 1.19. The number of nitrogens with one attached hydrogen (secondary N) is 2. The Labute approximate surface area is 314 Å². The van der Waals surface area contributed by atoms with Gasteiger partial charge in [0.1, 0.15) is 0 Å². The fourth-order valence-corrected chi connectivity index (χ4v) is 4.75. The number of carboxylic acid groups (broad SMARTS) is 4. The van der Waals surface area contributed by atoms with Crippen molar-refractivity contribution < 1.29 is 52.0 Å². The molecule has 0 aliphatic heterocycles.